The van der Waals surface area contributed by atoms with Crippen molar-refractivity contribution in [3.63, 3.8) is 0 Å². The zero-order valence-corrected chi connectivity index (χ0v) is 17.5. The Labute approximate surface area is 185 Å². The van der Waals surface area contributed by atoms with Crippen LogP contribution in [0.5, 0.6) is 5.75 Å². The van der Waals surface area contributed by atoms with Gasteiger partial charge in [-0.25, -0.2) is 17.6 Å². The summed E-state index contributed by atoms with van der Waals surface area (Å²) in [6.07, 6.45) is 1.48. The molecule has 2 heterocycles. The molecule has 0 unspecified atom stereocenters. The third-order valence-electron chi connectivity index (χ3n) is 5.39. The highest BCUT2D eigenvalue weighted by Gasteiger charge is 2.30. The summed E-state index contributed by atoms with van der Waals surface area (Å²) >= 11 is 0. The van der Waals surface area contributed by atoms with Gasteiger partial charge in [0.2, 0.25) is 29.1 Å². The van der Waals surface area contributed by atoms with E-state index in [1.54, 1.807) is 6.07 Å². The van der Waals surface area contributed by atoms with Crippen LogP contribution >= 0.6 is 12.4 Å². The summed E-state index contributed by atoms with van der Waals surface area (Å²) in [5.41, 5.74) is 1.13. The van der Waals surface area contributed by atoms with E-state index in [-0.39, 0.29) is 12.4 Å². The Morgan fingerprint density at radius 3 is 2.22 bits per heavy atom. The third kappa shape index (κ3) is 4.80. The van der Waals surface area contributed by atoms with Crippen LogP contribution < -0.4 is 4.74 Å². The Morgan fingerprint density at radius 1 is 0.938 bits per heavy atom. The Balaban J connectivity index is 0.00000289. The molecule has 0 N–H and O–H groups in total. The molecule has 0 saturated carbocycles. The maximum atomic E-state index is 13.8. The minimum atomic E-state index is -2.21. The van der Waals surface area contributed by atoms with Crippen molar-refractivity contribution in [1.29, 1.82) is 0 Å². The number of fused-ring (bicyclic) bond motifs is 1. The van der Waals surface area contributed by atoms with E-state index in [0.29, 0.717) is 44.5 Å². The standard InChI is InChI=1S/C21H18F6N2O2.ClH/c22-11-3-4-13-14(28-31-15(13)10-11)2-1-7-29-8-5-12(6-9-29)30-21-19(26)17(24)16(23)18(25)20(21)27;/h3-4,10,12H,1-2,5-9H2;1H. The van der Waals surface area contributed by atoms with Crippen LogP contribution in [0.4, 0.5) is 26.3 Å². The van der Waals surface area contributed by atoms with Crippen molar-refractivity contribution in [2.24, 2.45) is 0 Å². The number of ether oxygens (including phenoxy) is 1. The third-order valence-corrected chi connectivity index (χ3v) is 5.39. The fourth-order valence-electron chi connectivity index (χ4n) is 3.72. The molecule has 174 valence electrons. The predicted molar refractivity (Wildman–Crippen MR) is 106 cm³/mol. The highest BCUT2D eigenvalue weighted by Crippen LogP contribution is 2.31. The minimum Gasteiger partial charge on any atom is -0.484 e. The van der Waals surface area contributed by atoms with E-state index >= 15 is 0 Å². The zero-order valence-electron chi connectivity index (χ0n) is 16.6. The second-order valence-electron chi connectivity index (χ2n) is 7.43. The summed E-state index contributed by atoms with van der Waals surface area (Å²) in [5.74, 6) is -11.8. The highest BCUT2D eigenvalue weighted by atomic mass is 35.5. The van der Waals surface area contributed by atoms with Crippen LogP contribution in [0.3, 0.4) is 0 Å². The number of halogens is 7. The van der Waals surface area contributed by atoms with Crippen LogP contribution in [0.15, 0.2) is 22.7 Å². The zero-order chi connectivity index (χ0) is 22.1. The molecule has 0 spiro atoms. The Hall–Kier alpha value is -2.46. The van der Waals surface area contributed by atoms with Gasteiger partial charge in [-0.2, -0.15) is 8.78 Å². The molecule has 1 fully saturated rings. The van der Waals surface area contributed by atoms with Crippen molar-refractivity contribution in [3.05, 3.63) is 58.8 Å². The van der Waals surface area contributed by atoms with E-state index in [4.69, 9.17) is 9.26 Å². The van der Waals surface area contributed by atoms with Crippen LogP contribution in [0, 0.1) is 34.9 Å². The normalized spacial score (nSPS) is 15.2. The number of hydrogen-bond acceptors (Lipinski definition) is 4. The molecule has 1 aliphatic rings. The fraction of sp³-hybridized carbons (Fsp3) is 0.381. The number of aryl methyl sites for hydroxylation is 1. The van der Waals surface area contributed by atoms with Crippen molar-refractivity contribution in [1.82, 2.24) is 10.1 Å². The van der Waals surface area contributed by atoms with Gasteiger partial charge in [0, 0.05) is 24.5 Å². The largest absolute Gasteiger partial charge is 0.484 e. The number of likely N-dealkylation sites (tertiary alicyclic amines) is 1. The van der Waals surface area contributed by atoms with E-state index in [1.165, 1.54) is 12.1 Å². The molecule has 0 aliphatic carbocycles. The van der Waals surface area contributed by atoms with Crippen LogP contribution in [0.2, 0.25) is 0 Å². The van der Waals surface area contributed by atoms with Gasteiger partial charge < -0.3 is 14.2 Å². The predicted octanol–water partition coefficient (Wildman–Crippen LogP) is 5.56. The molecule has 4 nitrogen and oxygen atoms in total. The molecular formula is C21H19ClF6N2O2. The number of rotatable bonds is 6. The second-order valence-corrected chi connectivity index (χ2v) is 7.43. The molecule has 0 bridgehead atoms. The lowest BCUT2D eigenvalue weighted by Gasteiger charge is -2.32. The van der Waals surface area contributed by atoms with E-state index in [1.807, 2.05) is 0 Å². The second kappa shape index (κ2) is 9.99. The highest BCUT2D eigenvalue weighted by molar-refractivity contribution is 5.85. The van der Waals surface area contributed by atoms with Crippen molar-refractivity contribution in [2.45, 2.75) is 31.8 Å². The minimum absolute atomic E-state index is 0. The molecule has 32 heavy (non-hydrogen) atoms. The van der Waals surface area contributed by atoms with Crippen LogP contribution in [0.1, 0.15) is 25.0 Å². The molecule has 0 radical (unpaired) electrons. The number of nitrogens with zero attached hydrogens (tertiary/aromatic N) is 2. The van der Waals surface area contributed by atoms with Gasteiger partial charge in [-0.05, 0) is 44.4 Å². The lowest BCUT2D eigenvalue weighted by Crippen LogP contribution is -2.39. The van der Waals surface area contributed by atoms with Crippen LogP contribution in [0.25, 0.3) is 11.0 Å². The number of hydrogen-bond donors (Lipinski definition) is 0. The molecular weight excluding hydrogens is 462 g/mol. The molecule has 4 rings (SSSR count). The van der Waals surface area contributed by atoms with Gasteiger partial charge in [0.15, 0.2) is 11.3 Å². The van der Waals surface area contributed by atoms with E-state index < -0.39 is 46.8 Å². The van der Waals surface area contributed by atoms with Gasteiger partial charge in [0.25, 0.3) is 0 Å². The fourth-order valence-corrected chi connectivity index (χ4v) is 3.72. The summed E-state index contributed by atoms with van der Waals surface area (Å²) in [6.45, 7) is 1.81. The monoisotopic (exact) mass is 480 g/mol. The maximum absolute atomic E-state index is 13.8. The van der Waals surface area contributed by atoms with Crippen LogP contribution in [-0.4, -0.2) is 35.8 Å². The topological polar surface area (TPSA) is 38.5 Å². The summed E-state index contributed by atoms with van der Waals surface area (Å²) < 4.78 is 90.8. The summed E-state index contributed by atoms with van der Waals surface area (Å²) in [6, 6.07) is 4.25. The quantitative estimate of drug-likeness (QED) is 0.263. The maximum Gasteiger partial charge on any atom is 0.207 e. The Kier molecular flexibility index (Phi) is 7.55. The number of piperidine rings is 1. The molecule has 3 aromatic rings. The molecule has 1 aromatic heterocycles. The van der Waals surface area contributed by atoms with Crippen molar-refractivity contribution in [3.8, 4) is 5.75 Å². The van der Waals surface area contributed by atoms with Crippen molar-refractivity contribution >= 4 is 23.4 Å². The first-order valence-electron chi connectivity index (χ1n) is 9.79. The first-order chi connectivity index (χ1) is 14.8. The average molecular weight is 481 g/mol. The first kappa shape index (κ1) is 24.2. The summed E-state index contributed by atoms with van der Waals surface area (Å²) in [5, 5.41) is 4.74. The van der Waals surface area contributed by atoms with Gasteiger partial charge in [-0.15, -0.1) is 12.4 Å². The Morgan fingerprint density at radius 2 is 1.56 bits per heavy atom. The van der Waals surface area contributed by atoms with Gasteiger partial charge >= 0.3 is 0 Å². The SMILES string of the molecule is Cl.Fc1ccc2c(CCCN3CCC(Oc4c(F)c(F)c(F)c(F)c4F)CC3)noc2c1. The molecule has 1 saturated heterocycles. The van der Waals surface area contributed by atoms with Gasteiger partial charge in [-0.1, -0.05) is 5.16 Å². The lowest BCUT2D eigenvalue weighted by molar-refractivity contribution is 0.0905. The molecule has 2 aromatic carbocycles. The van der Waals surface area contributed by atoms with Gasteiger partial charge in [-0.3, -0.25) is 0 Å². The van der Waals surface area contributed by atoms with E-state index in [2.05, 4.69) is 10.1 Å². The smallest absolute Gasteiger partial charge is 0.207 e. The summed E-state index contributed by atoms with van der Waals surface area (Å²) in [4.78, 5) is 2.11. The van der Waals surface area contributed by atoms with Crippen molar-refractivity contribution < 1.29 is 35.6 Å². The number of benzene rings is 2. The molecule has 0 amide bonds. The van der Waals surface area contributed by atoms with Gasteiger partial charge in [0.05, 0.1) is 5.69 Å². The summed E-state index contributed by atoms with van der Waals surface area (Å²) in [7, 11) is 0. The average Bonchev–Trinajstić information content (AvgIpc) is 3.17. The lowest BCUT2D eigenvalue weighted by atomic mass is 10.1. The molecule has 0 atom stereocenters. The Bertz CT molecular complexity index is 1070. The van der Waals surface area contributed by atoms with Gasteiger partial charge in [0.1, 0.15) is 11.9 Å². The molecule has 1 aliphatic heterocycles. The van der Waals surface area contributed by atoms with E-state index in [9.17, 15) is 26.3 Å². The molecule has 11 heteroatoms. The van der Waals surface area contributed by atoms with Crippen molar-refractivity contribution in [2.75, 3.05) is 19.6 Å². The van der Waals surface area contributed by atoms with Crippen LogP contribution in [-0.2, 0) is 6.42 Å². The van der Waals surface area contributed by atoms with E-state index in [0.717, 1.165) is 17.5 Å². The number of aromatic nitrogens is 1. The first-order valence-corrected chi connectivity index (χ1v) is 9.79.